The lowest BCUT2D eigenvalue weighted by Crippen LogP contribution is -2.42. The van der Waals surface area contributed by atoms with Crippen molar-refractivity contribution >= 4 is 11.7 Å². The first-order valence-electron chi connectivity index (χ1n) is 7.07. The zero-order valence-corrected chi connectivity index (χ0v) is 11.7. The third kappa shape index (κ3) is 4.83. The van der Waals surface area contributed by atoms with Crippen molar-refractivity contribution in [1.82, 2.24) is 4.90 Å². The van der Waals surface area contributed by atoms with Crippen molar-refractivity contribution in [2.24, 2.45) is 0 Å². The van der Waals surface area contributed by atoms with Crippen LogP contribution in [0.3, 0.4) is 0 Å². The van der Waals surface area contributed by atoms with Crippen molar-refractivity contribution in [2.75, 3.05) is 50.8 Å². The highest BCUT2D eigenvalue weighted by molar-refractivity contribution is 5.67. The van der Waals surface area contributed by atoms with Gasteiger partial charge in [0.2, 0.25) is 0 Å². The highest BCUT2D eigenvalue weighted by Crippen LogP contribution is 2.13. The van der Waals surface area contributed by atoms with E-state index < -0.39 is 5.97 Å². The van der Waals surface area contributed by atoms with E-state index >= 15 is 0 Å². The molecule has 1 saturated heterocycles. The lowest BCUT2D eigenvalue weighted by molar-refractivity contribution is -0.136. The van der Waals surface area contributed by atoms with Crippen molar-refractivity contribution in [3.05, 3.63) is 30.3 Å². The fourth-order valence-corrected chi connectivity index (χ4v) is 2.33. The van der Waals surface area contributed by atoms with Gasteiger partial charge in [-0.1, -0.05) is 18.2 Å². The highest BCUT2D eigenvalue weighted by atomic mass is 16.5. The number of ether oxygens (including phenoxy) is 1. The number of hydrogen-bond donors (Lipinski definition) is 1. The van der Waals surface area contributed by atoms with Crippen LogP contribution in [0.1, 0.15) is 6.42 Å². The molecule has 1 fully saturated rings. The van der Waals surface area contributed by atoms with Gasteiger partial charge in [-0.15, -0.1) is 0 Å². The number of carbonyl (C=O) groups is 1. The van der Waals surface area contributed by atoms with Crippen molar-refractivity contribution < 1.29 is 14.6 Å². The Labute approximate surface area is 119 Å². The minimum absolute atomic E-state index is 0.165. The molecule has 1 aliphatic rings. The van der Waals surface area contributed by atoms with E-state index in [-0.39, 0.29) is 6.42 Å². The van der Waals surface area contributed by atoms with Crippen LogP contribution >= 0.6 is 0 Å². The number of carboxylic acid groups (broad SMARTS) is 1. The van der Waals surface area contributed by atoms with Gasteiger partial charge in [-0.3, -0.25) is 9.69 Å². The number of benzene rings is 1. The van der Waals surface area contributed by atoms with Gasteiger partial charge in [0.25, 0.3) is 0 Å². The summed E-state index contributed by atoms with van der Waals surface area (Å²) in [6, 6.07) is 10.00. The first kappa shape index (κ1) is 14.8. The smallest absolute Gasteiger partial charge is 0.305 e. The average molecular weight is 278 g/mol. The van der Waals surface area contributed by atoms with Gasteiger partial charge in [0.1, 0.15) is 0 Å². The topological polar surface area (TPSA) is 53.0 Å². The standard InChI is InChI=1S/C15H22N2O3/c18-15(19)6-7-17(14-4-2-1-3-5-14)9-8-16-10-12-20-13-11-16/h1-5H,6-13H2,(H,18,19). The minimum Gasteiger partial charge on any atom is -0.481 e. The van der Waals surface area contributed by atoms with Gasteiger partial charge in [0.15, 0.2) is 0 Å². The Morgan fingerprint density at radius 2 is 1.90 bits per heavy atom. The molecular weight excluding hydrogens is 256 g/mol. The predicted octanol–water partition coefficient (Wildman–Crippen LogP) is 1.30. The first-order valence-corrected chi connectivity index (χ1v) is 7.07. The molecule has 2 rings (SSSR count). The monoisotopic (exact) mass is 278 g/mol. The molecule has 1 heterocycles. The largest absolute Gasteiger partial charge is 0.481 e. The van der Waals surface area contributed by atoms with Crippen LogP contribution in [-0.2, 0) is 9.53 Å². The van der Waals surface area contributed by atoms with E-state index in [1.54, 1.807) is 0 Å². The fourth-order valence-electron chi connectivity index (χ4n) is 2.33. The van der Waals surface area contributed by atoms with E-state index in [0.29, 0.717) is 6.54 Å². The number of carboxylic acids is 1. The van der Waals surface area contributed by atoms with Crippen molar-refractivity contribution in [1.29, 1.82) is 0 Å². The zero-order valence-electron chi connectivity index (χ0n) is 11.7. The summed E-state index contributed by atoms with van der Waals surface area (Å²) >= 11 is 0. The predicted molar refractivity (Wildman–Crippen MR) is 78.2 cm³/mol. The molecule has 1 aromatic carbocycles. The minimum atomic E-state index is -0.752. The Balaban J connectivity index is 1.89. The maximum Gasteiger partial charge on any atom is 0.305 e. The molecule has 5 heteroatoms. The second-order valence-corrected chi connectivity index (χ2v) is 4.92. The third-order valence-corrected chi connectivity index (χ3v) is 3.51. The van der Waals surface area contributed by atoms with Crippen LogP contribution < -0.4 is 4.90 Å². The average Bonchev–Trinajstić information content (AvgIpc) is 2.49. The van der Waals surface area contributed by atoms with Gasteiger partial charge in [0.05, 0.1) is 19.6 Å². The Morgan fingerprint density at radius 1 is 1.20 bits per heavy atom. The van der Waals surface area contributed by atoms with Gasteiger partial charge < -0.3 is 14.7 Å². The molecule has 0 aromatic heterocycles. The highest BCUT2D eigenvalue weighted by Gasteiger charge is 2.13. The summed E-state index contributed by atoms with van der Waals surface area (Å²) in [6.07, 6.45) is 0.165. The number of para-hydroxylation sites is 1. The summed E-state index contributed by atoms with van der Waals surface area (Å²) in [5, 5.41) is 8.87. The van der Waals surface area contributed by atoms with Gasteiger partial charge in [-0.2, -0.15) is 0 Å². The number of nitrogens with zero attached hydrogens (tertiary/aromatic N) is 2. The molecule has 0 unspecified atom stereocenters. The van der Waals surface area contributed by atoms with Gasteiger partial charge in [-0.25, -0.2) is 0 Å². The summed E-state index contributed by atoms with van der Waals surface area (Å²) in [4.78, 5) is 15.3. The molecule has 1 aliphatic heterocycles. The lowest BCUT2D eigenvalue weighted by Gasteiger charge is -2.31. The van der Waals surface area contributed by atoms with E-state index in [0.717, 1.165) is 45.1 Å². The second-order valence-electron chi connectivity index (χ2n) is 4.92. The number of morpholine rings is 1. The third-order valence-electron chi connectivity index (χ3n) is 3.51. The number of anilines is 1. The first-order chi connectivity index (χ1) is 9.75. The molecule has 0 atom stereocenters. The van der Waals surface area contributed by atoms with E-state index in [1.807, 2.05) is 30.3 Å². The van der Waals surface area contributed by atoms with Crippen molar-refractivity contribution in [3.63, 3.8) is 0 Å². The van der Waals surface area contributed by atoms with E-state index in [9.17, 15) is 4.79 Å². The summed E-state index contributed by atoms with van der Waals surface area (Å²) < 4.78 is 5.34. The van der Waals surface area contributed by atoms with Crippen LogP contribution in [0.4, 0.5) is 5.69 Å². The molecule has 0 saturated carbocycles. The summed E-state index contributed by atoms with van der Waals surface area (Å²) in [5.74, 6) is -0.752. The van der Waals surface area contributed by atoms with Crippen LogP contribution in [0.5, 0.6) is 0 Å². The molecule has 0 radical (unpaired) electrons. The Morgan fingerprint density at radius 3 is 2.55 bits per heavy atom. The quantitative estimate of drug-likeness (QED) is 0.815. The van der Waals surface area contributed by atoms with Gasteiger partial charge >= 0.3 is 5.97 Å². The van der Waals surface area contributed by atoms with Crippen LogP contribution in [-0.4, -0.2) is 61.9 Å². The number of aliphatic carboxylic acids is 1. The van der Waals surface area contributed by atoms with E-state index in [1.165, 1.54) is 0 Å². The van der Waals surface area contributed by atoms with Gasteiger partial charge in [0, 0.05) is 38.4 Å². The molecule has 0 bridgehead atoms. The number of rotatable bonds is 7. The Hall–Kier alpha value is -1.59. The van der Waals surface area contributed by atoms with Crippen LogP contribution in [0.2, 0.25) is 0 Å². The molecule has 1 N–H and O–H groups in total. The molecule has 0 amide bonds. The van der Waals surface area contributed by atoms with E-state index in [4.69, 9.17) is 9.84 Å². The SMILES string of the molecule is O=C(O)CCN(CCN1CCOCC1)c1ccccc1. The van der Waals surface area contributed by atoms with Crippen molar-refractivity contribution in [2.45, 2.75) is 6.42 Å². The molecule has 5 nitrogen and oxygen atoms in total. The van der Waals surface area contributed by atoms with Crippen molar-refractivity contribution in [3.8, 4) is 0 Å². The van der Waals surface area contributed by atoms with Gasteiger partial charge in [-0.05, 0) is 12.1 Å². The Kier molecular flexibility index (Phi) is 5.83. The Bertz CT molecular complexity index is 405. The lowest BCUT2D eigenvalue weighted by atomic mass is 10.2. The summed E-state index contributed by atoms with van der Waals surface area (Å²) in [5.41, 5.74) is 1.09. The molecular formula is C15H22N2O3. The summed E-state index contributed by atoms with van der Waals surface area (Å²) in [6.45, 7) is 5.84. The maximum atomic E-state index is 10.8. The molecule has 20 heavy (non-hydrogen) atoms. The number of hydrogen-bond acceptors (Lipinski definition) is 4. The normalized spacial score (nSPS) is 16.0. The van der Waals surface area contributed by atoms with Crippen LogP contribution in [0.15, 0.2) is 30.3 Å². The molecule has 0 aliphatic carbocycles. The maximum absolute atomic E-state index is 10.8. The second kappa shape index (κ2) is 7.87. The molecule has 110 valence electrons. The van der Waals surface area contributed by atoms with Crippen LogP contribution in [0, 0.1) is 0 Å². The summed E-state index contributed by atoms with van der Waals surface area (Å²) in [7, 11) is 0. The van der Waals surface area contributed by atoms with E-state index in [2.05, 4.69) is 9.80 Å². The molecule has 0 spiro atoms. The fraction of sp³-hybridized carbons (Fsp3) is 0.533. The van der Waals surface area contributed by atoms with Crippen LogP contribution in [0.25, 0.3) is 0 Å². The zero-order chi connectivity index (χ0) is 14.2. The molecule has 1 aromatic rings.